The van der Waals surface area contributed by atoms with Crippen molar-refractivity contribution < 1.29 is 4.79 Å². The molecular formula is C21H24N4OS. The third kappa shape index (κ3) is 4.46. The van der Waals surface area contributed by atoms with Gasteiger partial charge in [-0.1, -0.05) is 36.4 Å². The number of amides is 1. The number of benzene rings is 1. The standard InChI is InChI=1S/C21H24N4OS/c26-21(18-13-23-25(16-18)15-17-7-2-1-3-8-17)22-14-19(20-9-6-12-27-20)24-10-4-5-11-24/h1-3,6-9,12-13,16,19H,4-5,10-11,14-15H2,(H,22,26). The number of rotatable bonds is 7. The second kappa shape index (κ2) is 8.50. The summed E-state index contributed by atoms with van der Waals surface area (Å²) in [5.74, 6) is -0.0601. The van der Waals surface area contributed by atoms with Crippen LogP contribution in [0.25, 0.3) is 0 Å². The van der Waals surface area contributed by atoms with Crippen molar-refractivity contribution in [2.75, 3.05) is 19.6 Å². The van der Waals surface area contributed by atoms with E-state index >= 15 is 0 Å². The molecule has 1 fully saturated rings. The van der Waals surface area contributed by atoms with E-state index in [1.807, 2.05) is 29.1 Å². The van der Waals surface area contributed by atoms with Crippen molar-refractivity contribution in [2.45, 2.75) is 25.4 Å². The molecule has 1 N–H and O–H groups in total. The number of carbonyl (C=O) groups is 1. The van der Waals surface area contributed by atoms with E-state index in [9.17, 15) is 4.79 Å². The van der Waals surface area contributed by atoms with E-state index in [0.29, 0.717) is 18.7 Å². The summed E-state index contributed by atoms with van der Waals surface area (Å²) in [6, 6.07) is 14.6. The minimum atomic E-state index is -0.0601. The molecule has 140 valence electrons. The third-order valence-corrected chi connectivity index (χ3v) is 5.97. The number of nitrogens with zero attached hydrogens (tertiary/aromatic N) is 3. The lowest BCUT2D eigenvalue weighted by atomic mass is 10.2. The van der Waals surface area contributed by atoms with Crippen LogP contribution in [-0.2, 0) is 6.54 Å². The van der Waals surface area contributed by atoms with E-state index in [1.165, 1.54) is 23.3 Å². The molecule has 2 aromatic heterocycles. The van der Waals surface area contributed by atoms with Gasteiger partial charge in [0.15, 0.2) is 0 Å². The number of hydrogen-bond acceptors (Lipinski definition) is 4. The molecule has 1 saturated heterocycles. The number of hydrogen-bond donors (Lipinski definition) is 1. The molecule has 0 bridgehead atoms. The van der Waals surface area contributed by atoms with Crippen LogP contribution in [0.1, 0.15) is 39.7 Å². The van der Waals surface area contributed by atoms with Crippen LogP contribution in [0.15, 0.2) is 60.2 Å². The lowest BCUT2D eigenvalue weighted by Gasteiger charge is -2.26. The van der Waals surface area contributed by atoms with Crippen LogP contribution in [0.2, 0.25) is 0 Å². The van der Waals surface area contributed by atoms with Gasteiger partial charge in [-0.3, -0.25) is 14.4 Å². The Balaban J connectivity index is 1.38. The normalized spacial score (nSPS) is 15.7. The van der Waals surface area contributed by atoms with Gasteiger partial charge >= 0.3 is 0 Å². The van der Waals surface area contributed by atoms with Gasteiger partial charge in [0.05, 0.1) is 24.3 Å². The Morgan fingerprint density at radius 2 is 1.96 bits per heavy atom. The first-order valence-corrected chi connectivity index (χ1v) is 10.3. The van der Waals surface area contributed by atoms with Crippen LogP contribution in [0.5, 0.6) is 0 Å². The summed E-state index contributed by atoms with van der Waals surface area (Å²) in [4.78, 5) is 16.4. The number of carbonyl (C=O) groups excluding carboxylic acids is 1. The Morgan fingerprint density at radius 3 is 2.70 bits per heavy atom. The fourth-order valence-corrected chi connectivity index (χ4v) is 4.43. The van der Waals surface area contributed by atoms with Crippen LogP contribution in [0.4, 0.5) is 0 Å². The van der Waals surface area contributed by atoms with Gasteiger partial charge in [-0.05, 0) is 42.9 Å². The quantitative estimate of drug-likeness (QED) is 0.682. The van der Waals surface area contributed by atoms with Gasteiger partial charge in [0, 0.05) is 17.6 Å². The molecule has 1 aromatic carbocycles. The molecule has 3 heterocycles. The van der Waals surface area contributed by atoms with Gasteiger partial charge < -0.3 is 5.32 Å². The van der Waals surface area contributed by atoms with E-state index in [4.69, 9.17) is 0 Å². The van der Waals surface area contributed by atoms with E-state index < -0.39 is 0 Å². The van der Waals surface area contributed by atoms with Crippen molar-refractivity contribution in [2.24, 2.45) is 0 Å². The van der Waals surface area contributed by atoms with Crippen LogP contribution < -0.4 is 5.32 Å². The smallest absolute Gasteiger partial charge is 0.254 e. The van der Waals surface area contributed by atoms with Gasteiger partial charge in [0.25, 0.3) is 5.91 Å². The summed E-state index contributed by atoms with van der Waals surface area (Å²) in [6.07, 6.45) is 5.94. The highest BCUT2D eigenvalue weighted by Gasteiger charge is 2.25. The first-order valence-electron chi connectivity index (χ1n) is 9.41. The largest absolute Gasteiger partial charge is 0.350 e. The Kier molecular flexibility index (Phi) is 5.65. The summed E-state index contributed by atoms with van der Waals surface area (Å²) >= 11 is 1.76. The predicted molar refractivity (Wildman–Crippen MR) is 108 cm³/mol. The van der Waals surface area contributed by atoms with E-state index in [1.54, 1.807) is 17.5 Å². The summed E-state index contributed by atoms with van der Waals surface area (Å²) in [6.45, 7) is 3.50. The molecule has 0 radical (unpaired) electrons. The Morgan fingerprint density at radius 1 is 1.15 bits per heavy atom. The summed E-state index contributed by atoms with van der Waals surface area (Å²) < 4.78 is 1.81. The zero-order valence-electron chi connectivity index (χ0n) is 15.3. The summed E-state index contributed by atoms with van der Waals surface area (Å²) in [5, 5.41) is 9.55. The van der Waals surface area contributed by atoms with Gasteiger partial charge in [-0.15, -0.1) is 11.3 Å². The molecule has 4 rings (SSSR count). The number of nitrogens with one attached hydrogen (secondary N) is 1. The molecule has 0 aliphatic carbocycles. The minimum absolute atomic E-state index is 0.0601. The number of thiophene rings is 1. The van der Waals surface area contributed by atoms with E-state index in [-0.39, 0.29) is 11.9 Å². The number of aromatic nitrogens is 2. The van der Waals surface area contributed by atoms with Crippen LogP contribution in [0.3, 0.4) is 0 Å². The molecule has 5 nitrogen and oxygen atoms in total. The highest BCUT2D eigenvalue weighted by molar-refractivity contribution is 7.10. The van der Waals surface area contributed by atoms with Gasteiger partial charge in [0.2, 0.25) is 0 Å². The Labute approximate surface area is 163 Å². The fourth-order valence-electron chi connectivity index (χ4n) is 3.57. The van der Waals surface area contributed by atoms with Gasteiger partial charge in [-0.25, -0.2) is 0 Å². The molecule has 1 unspecified atom stereocenters. The molecule has 6 heteroatoms. The predicted octanol–water partition coefficient (Wildman–Crippen LogP) is 3.56. The molecule has 3 aromatic rings. The molecule has 1 atom stereocenters. The maximum Gasteiger partial charge on any atom is 0.254 e. The SMILES string of the molecule is O=C(NCC(c1cccs1)N1CCCC1)c1cnn(Cc2ccccc2)c1. The molecular weight excluding hydrogens is 356 g/mol. The third-order valence-electron chi connectivity index (χ3n) is 4.99. The number of likely N-dealkylation sites (tertiary alicyclic amines) is 1. The van der Waals surface area contributed by atoms with Crippen molar-refractivity contribution in [1.82, 2.24) is 20.0 Å². The van der Waals surface area contributed by atoms with Crippen molar-refractivity contribution in [3.63, 3.8) is 0 Å². The second-order valence-corrected chi connectivity index (χ2v) is 7.88. The molecule has 0 saturated carbocycles. The van der Waals surface area contributed by atoms with E-state index in [2.05, 4.69) is 45.0 Å². The maximum absolute atomic E-state index is 12.6. The van der Waals surface area contributed by atoms with Gasteiger partial charge in [0.1, 0.15) is 0 Å². The lowest BCUT2D eigenvalue weighted by molar-refractivity contribution is 0.0938. The molecule has 1 aliphatic heterocycles. The Hall–Kier alpha value is -2.44. The topological polar surface area (TPSA) is 50.2 Å². The second-order valence-electron chi connectivity index (χ2n) is 6.90. The van der Waals surface area contributed by atoms with Crippen LogP contribution >= 0.6 is 11.3 Å². The monoisotopic (exact) mass is 380 g/mol. The average Bonchev–Trinajstić information content (AvgIpc) is 3.46. The zero-order chi connectivity index (χ0) is 18.5. The van der Waals surface area contributed by atoms with Crippen LogP contribution in [0, 0.1) is 0 Å². The highest BCUT2D eigenvalue weighted by atomic mass is 32.1. The average molecular weight is 381 g/mol. The molecule has 0 spiro atoms. The lowest BCUT2D eigenvalue weighted by Crippen LogP contribution is -2.36. The van der Waals surface area contributed by atoms with Gasteiger partial charge in [-0.2, -0.15) is 5.10 Å². The Bertz CT molecular complexity index is 853. The summed E-state index contributed by atoms with van der Waals surface area (Å²) in [7, 11) is 0. The van der Waals surface area contributed by atoms with Crippen LogP contribution in [-0.4, -0.2) is 40.2 Å². The molecule has 1 amide bonds. The first-order chi connectivity index (χ1) is 13.3. The van der Waals surface area contributed by atoms with Crippen molar-refractivity contribution in [3.8, 4) is 0 Å². The fraction of sp³-hybridized carbons (Fsp3) is 0.333. The van der Waals surface area contributed by atoms with Crippen molar-refractivity contribution >= 4 is 17.2 Å². The summed E-state index contributed by atoms with van der Waals surface area (Å²) in [5.41, 5.74) is 1.77. The molecule has 1 aliphatic rings. The van der Waals surface area contributed by atoms with Crippen molar-refractivity contribution in [1.29, 1.82) is 0 Å². The first kappa shape index (κ1) is 17.9. The minimum Gasteiger partial charge on any atom is -0.350 e. The maximum atomic E-state index is 12.6. The van der Waals surface area contributed by atoms with E-state index in [0.717, 1.165) is 13.1 Å². The zero-order valence-corrected chi connectivity index (χ0v) is 16.1. The van der Waals surface area contributed by atoms with Crippen molar-refractivity contribution in [3.05, 3.63) is 76.2 Å². The molecule has 27 heavy (non-hydrogen) atoms. The highest BCUT2D eigenvalue weighted by Crippen LogP contribution is 2.27.